The van der Waals surface area contributed by atoms with Gasteiger partial charge in [-0.05, 0) is 69.8 Å². The van der Waals surface area contributed by atoms with Gasteiger partial charge in [0, 0.05) is 10.8 Å². The van der Waals surface area contributed by atoms with Crippen molar-refractivity contribution in [1.82, 2.24) is 4.57 Å². The summed E-state index contributed by atoms with van der Waals surface area (Å²) in [5.74, 6) is -0.951. The quantitative estimate of drug-likeness (QED) is 0.252. The fourth-order valence-corrected chi connectivity index (χ4v) is 5.11. The Morgan fingerprint density at radius 3 is 1.50 bits per heavy atom. The standard InChI is InChI=1S/C35H25NO2/c1-3-23-9-13-25(14-10-23)27-17-19-33-30(21-27)31-22-28(26-15-11-24(4-2)12-16-26)18-20-34(31)36(33)32-8-6-5-7-29(32)35(37)38/h3-22H,1-2H2,(H,37,38). The van der Waals surface area contributed by atoms with E-state index >= 15 is 0 Å². The van der Waals surface area contributed by atoms with Crippen molar-refractivity contribution in [3.05, 3.63) is 139 Å². The number of hydrogen-bond donors (Lipinski definition) is 1. The van der Waals surface area contributed by atoms with Crippen LogP contribution < -0.4 is 0 Å². The van der Waals surface area contributed by atoms with E-state index in [-0.39, 0.29) is 5.56 Å². The third-order valence-corrected chi connectivity index (χ3v) is 7.10. The minimum Gasteiger partial charge on any atom is -0.478 e. The highest BCUT2D eigenvalue weighted by Crippen LogP contribution is 2.38. The Balaban J connectivity index is 1.64. The first kappa shape index (κ1) is 23.3. The third kappa shape index (κ3) is 3.91. The maximum atomic E-state index is 12.1. The van der Waals surface area contributed by atoms with Gasteiger partial charge in [-0.15, -0.1) is 0 Å². The van der Waals surface area contributed by atoms with E-state index in [4.69, 9.17) is 0 Å². The monoisotopic (exact) mass is 491 g/mol. The number of carbonyl (C=O) groups is 1. The van der Waals surface area contributed by atoms with Crippen LogP contribution in [0.1, 0.15) is 21.5 Å². The molecule has 0 aliphatic carbocycles. The van der Waals surface area contributed by atoms with Crippen LogP contribution in [0.4, 0.5) is 0 Å². The number of carboxylic acids is 1. The maximum absolute atomic E-state index is 12.1. The molecule has 6 rings (SSSR count). The van der Waals surface area contributed by atoms with Crippen molar-refractivity contribution in [2.45, 2.75) is 0 Å². The van der Waals surface area contributed by atoms with E-state index in [1.165, 1.54) is 0 Å². The number of aromatic carboxylic acids is 1. The summed E-state index contributed by atoms with van der Waals surface area (Å²) in [5, 5.41) is 12.1. The van der Waals surface area contributed by atoms with Crippen molar-refractivity contribution < 1.29 is 9.90 Å². The van der Waals surface area contributed by atoms with Crippen LogP contribution in [0, 0.1) is 0 Å². The van der Waals surface area contributed by atoms with Gasteiger partial charge in [0.05, 0.1) is 22.3 Å². The van der Waals surface area contributed by atoms with Crippen LogP contribution >= 0.6 is 0 Å². The van der Waals surface area contributed by atoms with Crippen molar-refractivity contribution in [1.29, 1.82) is 0 Å². The molecule has 1 heterocycles. The summed E-state index contributed by atoms with van der Waals surface area (Å²) >= 11 is 0. The molecule has 0 aliphatic heterocycles. The van der Waals surface area contributed by atoms with Gasteiger partial charge in [-0.3, -0.25) is 0 Å². The van der Waals surface area contributed by atoms with Gasteiger partial charge in [-0.25, -0.2) is 4.79 Å². The summed E-state index contributed by atoms with van der Waals surface area (Å²) in [6.45, 7) is 7.71. The number of carboxylic acid groups (broad SMARTS) is 1. The van der Waals surface area contributed by atoms with Crippen LogP contribution in [-0.4, -0.2) is 15.6 Å². The molecule has 0 fully saturated rings. The Labute approximate surface area is 221 Å². The average molecular weight is 492 g/mol. The first-order chi connectivity index (χ1) is 18.6. The second-order valence-electron chi connectivity index (χ2n) is 9.27. The maximum Gasteiger partial charge on any atom is 0.337 e. The molecule has 6 aromatic rings. The smallest absolute Gasteiger partial charge is 0.337 e. The molecule has 1 aromatic heterocycles. The van der Waals surface area contributed by atoms with Gasteiger partial charge in [-0.2, -0.15) is 0 Å². The summed E-state index contributed by atoms with van der Waals surface area (Å²) in [6, 6.07) is 36.6. The predicted octanol–water partition coefficient (Wildman–Crippen LogP) is 9.10. The molecular weight excluding hydrogens is 466 g/mol. The summed E-state index contributed by atoms with van der Waals surface area (Å²) in [6.07, 6.45) is 3.67. The lowest BCUT2D eigenvalue weighted by Gasteiger charge is -2.11. The molecule has 0 aliphatic rings. The van der Waals surface area contributed by atoms with Gasteiger partial charge in [0.1, 0.15) is 0 Å². The summed E-state index contributed by atoms with van der Waals surface area (Å²) in [7, 11) is 0. The molecule has 0 saturated heterocycles. The third-order valence-electron chi connectivity index (χ3n) is 7.10. The molecule has 0 spiro atoms. The lowest BCUT2D eigenvalue weighted by molar-refractivity contribution is 0.0697. The fourth-order valence-electron chi connectivity index (χ4n) is 5.11. The minimum absolute atomic E-state index is 0.263. The number of fused-ring (bicyclic) bond motifs is 3. The number of aromatic nitrogens is 1. The Kier molecular flexibility index (Phi) is 5.74. The fraction of sp³-hybridized carbons (Fsp3) is 0. The number of benzene rings is 5. The van der Waals surface area contributed by atoms with E-state index in [2.05, 4.69) is 103 Å². The number of nitrogens with zero attached hydrogens (tertiary/aromatic N) is 1. The van der Waals surface area contributed by atoms with E-state index in [0.29, 0.717) is 5.69 Å². The highest BCUT2D eigenvalue weighted by Gasteiger charge is 2.18. The number of para-hydroxylation sites is 1. The van der Waals surface area contributed by atoms with Gasteiger partial charge >= 0.3 is 5.97 Å². The zero-order chi connectivity index (χ0) is 26.2. The predicted molar refractivity (Wildman–Crippen MR) is 159 cm³/mol. The van der Waals surface area contributed by atoms with Gasteiger partial charge in [-0.1, -0.05) is 98.1 Å². The van der Waals surface area contributed by atoms with Gasteiger partial charge in [0.25, 0.3) is 0 Å². The van der Waals surface area contributed by atoms with Crippen molar-refractivity contribution in [2.75, 3.05) is 0 Å². The Hall–Kier alpha value is -5.15. The lowest BCUT2D eigenvalue weighted by atomic mass is 9.99. The van der Waals surface area contributed by atoms with Crippen LogP contribution in [0.5, 0.6) is 0 Å². The van der Waals surface area contributed by atoms with Crippen LogP contribution in [0.3, 0.4) is 0 Å². The number of rotatable bonds is 6. The molecule has 1 N–H and O–H groups in total. The summed E-state index contributed by atoms with van der Waals surface area (Å²) in [4.78, 5) is 12.1. The SMILES string of the molecule is C=Cc1ccc(-c2ccc3c(c2)c2cc(-c4ccc(C=C)cc4)ccc2n3-c2ccccc2C(=O)O)cc1. The van der Waals surface area contributed by atoms with E-state index in [1.807, 2.05) is 24.3 Å². The molecule has 182 valence electrons. The molecule has 0 amide bonds. The van der Waals surface area contributed by atoms with E-state index in [0.717, 1.165) is 55.2 Å². The molecular formula is C35H25NO2. The zero-order valence-corrected chi connectivity index (χ0v) is 20.8. The zero-order valence-electron chi connectivity index (χ0n) is 20.8. The van der Waals surface area contributed by atoms with Gasteiger partial charge in [0.15, 0.2) is 0 Å². The van der Waals surface area contributed by atoms with Crippen LogP contribution in [0.2, 0.25) is 0 Å². The molecule has 0 radical (unpaired) electrons. The molecule has 0 unspecified atom stereocenters. The van der Waals surface area contributed by atoms with Gasteiger partial charge in [0.2, 0.25) is 0 Å². The topological polar surface area (TPSA) is 42.2 Å². The average Bonchev–Trinajstić information content (AvgIpc) is 3.30. The molecule has 3 nitrogen and oxygen atoms in total. The first-order valence-electron chi connectivity index (χ1n) is 12.4. The first-order valence-corrected chi connectivity index (χ1v) is 12.4. The van der Waals surface area contributed by atoms with Crippen LogP contribution in [0.15, 0.2) is 122 Å². The molecule has 38 heavy (non-hydrogen) atoms. The van der Waals surface area contributed by atoms with E-state index in [9.17, 15) is 9.90 Å². The largest absolute Gasteiger partial charge is 0.478 e. The normalized spacial score (nSPS) is 11.1. The summed E-state index contributed by atoms with van der Waals surface area (Å²) < 4.78 is 2.06. The van der Waals surface area contributed by atoms with Crippen molar-refractivity contribution in [3.63, 3.8) is 0 Å². The number of hydrogen-bond acceptors (Lipinski definition) is 1. The molecule has 0 saturated carbocycles. The Morgan fingerprint density at radius 1 is 0.605 bits per heavy atom. The second kappa shape index (κ2) is 9.38. The molecule has 0 bridgehead atoms. The lowest BCUT2D eigenvalue weighted by Crippen LogP contribution is -2.05. The van der Waals surface area contributed by atoms with Crippen molar-refractivity contribution in [3.8, 4) is 27.9 Å². The molecule has 3 heteroatoms. The van der Waals surface area contributed by atoms with Gasteiger partial charge < -0.3 is 9.67 Å². The van der Waals surface area contributed by atoms with E-state index < -0.39 is 5.97 Å². The van der Waals surface area contributed by atoms with Crippen LogP contribution in [-0.2, 0) is 0 Å². The molecule has 5 aromatic carbocycles. The highest BCUT2D eigenvalue weighted by atomic mass is 16.4. The van der Waals surface area contributed by atoms with E-state index in [1.54, 1.807) is 12.1 Å². The second-order valence-corrected chi connectivity index (χ2v) is 9.27. The van der Waals surface area contributed by atoms with Crippen molar-refractivity contribution >= 4 is 39.9 Å². The highest BCUT2D eigenvalue weighted by molar-refractivity contribution is 6.12. The molecule has 0 atom stereocenters. The summed E-state index contributed by atoms with van der Waals surface area (Å²) in [5.41, 5.74) is 9.39. The Bertz CT molecular complexity index is 1750. The van der Waals surface area contributed by atoms with Crippen LogP contribution in [0.25, 0.3) is 61.9 Å². The Morgan fingerprint density at radius 2 is 1.05 bits per heavy atom. The minimum atomic E-state index is -0.951. The van der Waals surface area contributed by atoms with Crippen molar-refractivity contribution in [2.24, 2.45) is 0 Å².